The zero-order valence-corrected chi connectivity index (χ0v) is 20.3. The fraction of sp³-hybridized carbons (Fsp3) is 0.423. The van der Waals surface area contributed by atoms with E-state index < -0.39 is 11.6 Å². The summed E-state index contributed by atoms with van der Waals surface area (Å²) in [6.07, 6.45) is 7.17. The van der Waals surface area contributed by atoms with Crippen molar-refractivity contribution in [2.45, 2.75) is 57.4 Å². The standard InChI is InChI=1S/C26H25F2N7O2/c1-14-11-33(13-20(37-14)15-10-29-35(12-15)17-5-6-17)26-31-22(18-7-4-16(27)9-19(18)28)23-24(32-26)25(36)34-8-2-3-21(34)30-23/h4,7,9-10,12,14,17,20H,2-3,5-6,8,11,13H2,1H3/t14-,20-/m0/s1. The predicted octanol–water partition coefficient (Wildman–Crippen LogP) is 3.58. The summed E-state index contributed by atoms with van der Waals surface area (Å²) < 4.78 is 38.5. The van der Waals surface area contributed by atoms with Crippen molar-refractivity contribution in [2.24, 2.45) is 0 Å². The average molecular weight is 506 g/mol. The van der Waals surface area contributed by atoms with Crippen LogP contribution in [0.2, 0.25) is 0 Å². The fourth-order valence-electron chi connectivity index (χ4n) is 5.32. The molecule has 3 aromatic heterocycles. The highest BCUT2D eigenvalue weighted by molar-refractivity contribution is 5.89. The van der Waals surface area contributed by atoms with E-state index in [0.717, 1.165) is 30.9 Å². The minimum absolute atomic E-state index is 0.0773. The molecule has 0 radical (unpaired) electrons. The van der Waals surface area contributed by atoms with Gasteiger partial charge in [-0.2, -0.15) is 5.10 Å². The number of halogens is 2. The largest absolute Gasteiger partial charge is 0.367 e. The van der Waals surface area contributed by atoms with Gasteiger partial charge in [-0.05, 0) is 38.3 Å². The summed E-state index contributed by atoms with van der Waals surface area (Å²) in [5.41, 5.74) is 1.32. The minimum atomic E-state index is -0.769. The van der Waals surface area contributed by atoms with E-state index in [2.05, 4.69) is 15.1 Å². The van der Waals surface area contributed by atoms with Crippen LogP contribution in [-0.4, -0.2) is 48.5 Å². The van der Waals surface area contributed by atoms with Gasteiger partial charge in [0.15, 0.2) is 5.52 Å². The lowest BCUT2D eigenvalue weighted by Crippen LogP contribution is -2.43. The number of hydrogen-bond donors (Lipinski definition) is 0. The van der Waals surface area contributed by atoms with Gasteiger partial charge < -0.3 is 9.64 Å². The smallest absolute Gasteiger partial charge is 0.280 e. The Morgan fingerprint density at radius 1 is 1.08 bits per heavy atom. The van der Waals surface area contributed by atoms with Gasteiger partial charge in [0, 0.05) is 42.9 Å². The van der Waals surface area contributed by atoms with Crippen molar-refractivity contribution in [1.82, 2.24) is 29.3 Å². The summed E-state index contributed by atoms with van der Waals surface area (Å²) in [4.78, 5) is 29.4. The van der Waals surface area contributed by atoms with Crippen LogP contribution < -0.4 is 10.5 Å². The molecule has 7 rings (SSSR count). The van der Waals surface area contributed by atoms with Crippen LogP contribution in [0.3, 0.4) is 0 Å². The number of aromatic nitrogens is 6. The first kappa shape index (κ1) is 22.5. The molecule has 3 aliphatic rings. The van der Waals surface area contributed by atoms with E-state index in [1.165, 1.54) is 12.1 Å². The van der Waals surface area contributed by atoms with E-state index in [-0.39, 0.29) is 40.1 Å². The maximum atomic E-state index is 15.0. The van der Waals surface area contributed by atoms with E-state index in [0.29, 0.717) is 43.9 Å². The van der Waals surface area contributed by atoms with Crippen LogP contribution in [-0.2, 0) is 17.7 Å². The lowest BCUT2D eigenvalue weighted by Gasteiger charge is -2.36. The summed E-state index contributed by atoms with van der Waals surface area (Å²) in [5, 5.41) is 4.49. The number of hydrogen-bond acceptors (Lipinski definition) is 7. The van der Waals surface area contributed by atoms with Crippen LogP contribution >= 0.6 is 0 Å². The first-order chi connectivity index (χ1) is 17.9. The van der Waals surface area contributed by atoms with E-state index in [4.69, 9.17) is 9.72 Å². The van der Waals surface area contributed by atoms with Crippen molar-refractivity contribution in [3.05, 3.63) is 64.0 Å². The quantitative estimate of drug-likeness (QED) is 0.419. The Labute approximate surface area is 210 Å². The number of ether oxygens (including phenoxy) is 1. The van der Waals surface area contributed by atoms with Crippen LogP contribution in [0.1, 0.15) is 49.7 Å². The third-order valence-electron chi connectivity index (χ3n) is 7.30. The molecule has 1 aliphatic carbocycles. The molecule has 0 bridgehead atoms. The summed E-state index contributed by atoms with van der Waals surface area (Å²) >= 11 is 0. The summed E-state index contributed by atoms with van der Waals surface area (Å²) in [6.45, 7) is 3.47. The Morgan fingerprint density at radius 3 is 2.76 bits per heavy atom. The second-order valence-electron chi connectivity index (χ2n) is 10.1. The Hall–Kier alpha value is -3.73. The average Bonchev–Trinajstić information content (AvgIpc) is 3.41. The van der Waals surface area contributed by atoms with Gasteiger partial charge in [-0.3, -0.25) is 14.0 Å². The maximum absolute atomic E-state index is 15.0. The zero-order chi connectivity index (χ0) is 25.3. The Morgan fingerprint density at radius 2 is 1.95 bits per heavy atom. The number of aryl methyl sites for hydroxylation is 1. The van der Waals surface area contributed by atoms with Gasteiger partial charge >= 0.3 is 0 Å². The highest BCUT2D eigenvalue weighted by Crippen LogP contribution is 2.36. The molecule has 37 heavy (non-hydrogen) atoms. The first-order valence-corrected chi connectivity index (χ1v) is 12.7. The second kappa shape index (κ2) is 8.41. The Kier molecular flexibility index (Phi) is 5.10. The van der Waals surface area contributed by atoms with Crippen LogP contribution in [0.5, 0.6) is 0 Å². The summed E-state index contributed by atoms with van der Waals surface area (Å²) in [7, 11) is 0. The molecular formula is C26H25F2N7O2. The van der Waals surface area contributed by atoms with Crippen molar-refractivity contribution in [3.63, 3.8) is 0 Å². The Balaban J connectivity index is 1.35. The summed E-state index contributed by atoms with van der Waals surface area (Å²) in [5.74, 6) is -0.539. The molecule has 0 amide bonds. The fourth-order valence-corrected chi connectivity index (χ4v) is 5.32. The first-order valence-electron chi connectivity index (χ1n) is 12.7. The third kappa shape index (κ3) is 3.88. The molecule has 2 aliphatic heterocycles. The highest BCUT2D eigenvalue weighted by Gasteiger charge is 2.32. The molecule has 1 saturated heterocycles. The van der Waals surface area contributed by atoms with Crippen LogP contribution in [0.15, 0.2) is 35.4 Å². The normalized spacial score (nSPS) is 21.5. The van der Waals surface area contributed by atoms with Gasteiger partial charge in [0.25, 0.3) is 5.56 Å². The summed E-state index contributed by atoms with van der Waals surface area (Å²) in [6, 6.07) is 3.79. The van der Waals surface area contributed by atoms with Gasteiger partial charge in [-0.25, -0.2) is 23.7 Å². The molecule has 4 aromatic rings. The van der Waals surface area contributed by atoms with Crippen molar-refractivity contribution < 1.29 is 13.5 Å². The monoisotopic (exact) mass is 505 g/mol. The number of benzene rings is 1. The molecule has 9 nitrogen and oxygen atoms in total. The van der Waals surface area contributed by atoms with Crippen molar-refractivity contribution >= 4 is 17.0 Å². The number of morpholine rings is 1. The molecule has 0 N–H and O–H groups in total. The second-order valence-corrected chi connectivity index (χ2v) is 10.1. The SMILES string of the molecule is C[C@H]1CN(c2nc(-c3ccc(F)cc3F)c3nc4n(c(=O)c3n2)CCC4)C[C@@H](c2cnn(C3CC3)c2)O1. The van der Waals surface area contributed by atoms with Gasteiger partial charge in [-0.15, -0.1) is 0 Å². The lowest BCUT2D eigenvalue weighted by molar-refractivity contribution is -0.0178. The molecule has 1 aromatic carbocycles. The molecule has 5 heterocycles. The number of nitrogens with zero attached hydrogens (tertiary/aromatic N) is 7. The number of rotatable bonds is 4. The highest BCUT2D eigenvalue weighted by atomic mass is 19.1. The molecule has 11 heteroatoms. The maximum Gasteiger partial charge on any atom is 0.280 e. The van der Waals surface area contributed by atoms with E-state index in [1.54, 1.807) is 4.57 Å². The van der Waals surface area contributed by atoms with Gasteiger partial charge in [0.1, 0.15) is 34.8 Å². The van der Waals surface area contributed by atoms with Crippen LogP contribution in [0.25, 0.3) is 22.3 Å². The van der Waals surface area contributed by atoms with Gasteiger partial charge in [0.05, 0.1) is 24.9 Å². The lowest BCUT2D eigenvalue weighted by atomic mass is 10.1. The predicted molar refractivity (Wildman–Crippen MR) is 131 cm³/mol. The van der Waals surface area contributed by atoms with Gasteiger partial charge in [-0.1, -0.05) is 0 Å². The van der Waals surface area contributed by atoms with Crippen molar-refractivity contribution in [1.29, 1.82) is 0 Å². The Bertz CT molecular complexity index is 1600. The molecule has 2 atom stereocenters. The number of fused-ring (bicyclic) bond motifs is 2. The molecule has 0 spiro atoms. The number of anilines is 1. The minimum Gasteiger partial charge on any atom is -0.367 e. The van der Waals surface area contributed by atoms with Crippen LogP contribution in [0, 0.1) is 11.6 Å². The van der Waals surface area contributed by atoms with E-state index >= 15 is 0 Å². The molecule has 2 fully saturated rings. The van der Waals surface area contributed by atoms with Gasteiger partial charge in [0.2, 0.25) is 5.95 Å². The topological polar surface area (TPSA) is 91.0 Å². The molecular weight excluding hydrogens is 480 g/mol. The zero-order valence-electron chi connectivity index (χ0n) is 20.3. The van der Waals surface area contributed by atoms with Crippen LogP contribution in [0.4, 0.5) is 14.7 Å². The molecule has 1 saturated carbocycles. The van der Waals surface area contributed by atoms with E-state index in [1.807, 2.05) is 28.9 Å². The van der Waals surface area contributed by atoms with Crippen molar-refractivity contribution in [3.8, 4) is 11.3 Å². The van der Waals surface area contributed by atoms with E-state index in [9.17, 15) is 13.6 Å². The third-order valence-corrected chi connectivity index (χ3v) is 7.30. The van der Waals surface area contributed by atoms with Crippen molar-refractivity contribution in [2.75, 3.05) is 18.0 Å². The molecule has 0 unspecified atom stereocenters. The molecule has 190 valence electrons.